The lowest BCUT2D eigenvalue weighted by Crippen LogP contribution is -2.03. The van der Waals surface area contributed by atoms with E-state index in [1.165, 1.54) is 196 Å². The average molecular weight is 1900 g/mol. The fraction of sp³-hybridized carbons (Fsp3) is 0. The molecule has 0 unspecified atom stereocenters. The lowest BCUT2D eigenvalue weighted by atomic mass is 10.0. The molecular weight excluding hydrogens is 1820 g/mol. The Kier molecular flexibility index (Phi) is 17.0. The predicted molar refractivity (Wildman–Crippen MR) is 619 cm³/mol. The van der Waals surface area contributed by atoms with Crippen molar-refractivity contribution in [2.45, 2.75) is 0 Å². The van der Waals surface area contributed by atoms with Crippen LogP contribution in [0.3, 0.4) is 0 Å². The van der Waals surface area contributed by atoms with Crippen LogP contribution in [0.25, 0.3) is 313 Å². The van der Waals surface area contributed by atoms with Gasteiger partial charge in [-0.2, -0.15) is 0 Å². The van der Waals surface area contributed by atoms with Gasteiger partial charge in [0.15, 0.2) is 11.6 Å². The first-order valence-electron chi connectivity index (χ1n) is 50.8. The topological polar surface area (TPSA) is 110 Å². The van der Waals surface area contributed by atoms with Crippen LogP contribution in [0.15, 0.2) is 479 Å². The minimum atomic E-state index is 0.659. The van der Waals surface area contributed by atoms with E-state index >= 15 is 0 Å². The standard InChI is InChI=1S/C50H29N5.C44H26N4.C42H24N4/c1-2-14-31(15-3-1)53-41-22-10-5-16-32(41)35-27-26-30(28-45(35)53)47-36-19-4-9-21-40(36)51-50(52-47)55-43-24-12-7-18-34(43)39-29-38-33-17-6-11-23-42(33)54-44-25-13-8-20-37(44)46(48(38)54)49(39)55;1-2-12-27(13-3-1)28-22-24-29(25-23-28)43-45-36-18-8-4-16-32(36)44(46-43)48-38-20-10-6-15-31(38)35-26-34-30-14-5-9-19-37(30)47-39-21-11-7-17-33(39)40(41(34)47)42(35)48;1-2-12-26-23-27(22-21-25(26)11-1)41-43-34-17-7-3-15-30(34)42(44-41)46-36-19-9-5-14-29(36)33-24-32-28-13-4-8-18-35(28)45-37-20-10-6-16-31(37)38(39(32)45)40(33)46/h1-29H;1-26H;1-24H. The molecule has 0 atom stereocenters. The molecule has 22 aromatic carbocycles. The highest BCUT2D eigenvalue weighted by atomic mass is 15.2. The highest BCUT2D eigenvalue weighted by Crippen LogP contribution is 2.53. The molecule has 35 rings (SSSR count). The molecule has 149 heavy (non-hydrogen) atoms. The van der Waals surface area contributed by atoms with Gasteiger partial charge in [-0.3, -0.25) is 13.7 Å². The van der Waals surface area contributed by atoms with Crippen molar-refractivity contribution in [1.29, 1.82) is 0 Å². The normalized spacial score (nSPS) is 12.3. The largest absolute Gasteiger partial charge is 0.309 e. The molecule has 13 heteroatoms. The van der Waals surface area contributed by atoms with Crippen molar-refractivity contribution in [2.75, 3.05) is 0 Å². The van der Waals surface area contributed by atoms with Crippen molar-refractivity contribution in [2.24, 2.45) is 0 Å². The molecule has 13 heterocycles. The molecule has 688 valence electrons. The Morgan fingerprint density at radius 1 is 0.148 bits per heavy atom. The second kappa shape index (κ2) is 31.1. The van der Waals surface area contributed by atoms with Gasteiger partial charge in [0.2, 0.25) is 5.95 Å². The van der Waals surface area contributed by atoms with Gasteiger partial charge in [-0.1, -0.05) is 346 Å². The number of hydrogen-bond acceptors (Lipinski definition) is 6. The van der Waals surface area contributed by atoms with Crippen LogP contribution < -0.4 is 0 Å². The van der Waals surface area contributed by atoms with Gasteiger partial charge in [0.25, 0.3) is 0 Å². The zero-order valence-corrected chi connectivity index (χ0v) is 79.9. The maximum Gasteiger partial charge on any atom is 0.235 e. The Hall–Kier alpha value is -20.3. The van der Waals surface area contributed by atoms with Crippen LogP contribution in [-0.2, 0) is 0 Å². The van der Waals surface area contributed by atoms with Crippen molar-refractivity contribution in [3.8, 4) is 68.4 Å². The van der Waals surface area contributed by atoms with Gasteiger partial charge in [0, 0.05) is 146 Å². The molecule has 0 saturated heterocycles. The van der Waals surface area contributed by atoms with Crippen molar-refractivity contribution in [1.82, 2.24) is 61.4 Å². The predicted octanol–water partition coefficient (Wildman–Crippen LogP) is 34.5. The molecule has 35 aromatic rings. The summed E-state index contributed by atoms with van der Waals surface area (Å²) in [7, 11) is 0. The van der Waals surface area contributed by atoms with Crippen LogP contribution in [0.1, 0.15) is 0 Å². The zero-order chi connectivity index (χ0) is 97.1. The second-order valence-electron chi connectivity index (χ2n) is 39.4. The van der Waals surface area contributed by atoms with E-state index in [9.17, 15) is 0 Å². The van der Waals surface area contributed by atoms with E-state index in [0.717, 1.165) is 106 Å². The van der Waals surface area contributed by atoms with Crippen LogP contribution in [0.2, 0.25) is 0 Å². The van der Waals surface area contributed by atoms with E-state index in [2.05, 4.69) is 505 Å². The van der Waals surface area contributed by atoms with Gasteiger partial charge in [-0.15, -0.1) is 0 Å². The molecule has 0 aliphatic carbocycles. The lowest BCUT2D eigenvalue weighted by molar-refractivity contribution is 1.02. The van der Waals surface area contributed by atoms with E-state index in [0.29, 0.717) is 11.8 Å². The Morgan fingerprint density at radius 2 is 0.450 bits per heavy atom. The van der Waals surface area contributed by atoms with Gasteiger partial charge in [0.05, 0.1) is 116 Å². The highest BCUT2D eigenvalue weighted by Gasteiger charge is 2.32. The van der Waals surface area contributed by atoms with Gasteiger partial charge in [-0.05, 0) is 155 Å². The van der Waals surface area contributed by atoms with Crippen molar-refractivity contribution < 1.29 is 0 Å². The first kappa shape index (κ1) is 81.3. The molecule has 0 aliphatic rings. The number of rotatable bonds is 8. The summed E-state index contributed by atoms with van der Waals surface area (Å²) in [6, 6.07) is 172. The summed E-state index contributed by atoms with van der Waals surface area (Å²) < 4.78 is 16.8. The summed E-state index contributed by atoms with van der Waals surface area (Å²) >= 11 is 0. The summed E-state index contributed by atoms with van der Waals surface area (Å²) in [6.45, 7) is 0. The minimum absolute atomic E-state index is 0.659. The summed E-state index contributed by atoms with van der Waals surface area (Å²) in [6.07, 6.45) is 0. The Morgan fingerprint density at radius 3 is 0.913 bits per heavy atom. The van der Waals surface area contributed by atoms with E-state index in [4.69, 9.17) is 29.9 Å². The van der Waals surface area contributed by atoms with E-state index in [1.807, 2.05) is 6.07 Å². The third-order valence-electron chi connectivity index (χ3n) is 31.6. The van der Waals surface area contributed by atoms with Gasteiger partial charge < -0.3 is 17.8 Å². The first-order chi connectivity index (χ1) is 74.0. The van der Waals surface area contributed by atoms with Gasteiger partial charge in [-0.25, -0.2) is 29.9 Å². The number of benzene rings is 22. The number of aromatic nitrogens is 13. The molecule has 0 fully saturated rings. The first-order valence-corrected chi connectivity index (χ1v) is 50.8. The van der Waals surface area contributed by atoms with Crippen LogP contribution in [0.4, 0.5) is 0 Å². The monoisotopic (exact) mass is 1890 g/mol. The number of nitrogens with zero attached hydrogens (tertiary/aromatic N) is 13. The molecule has 0 radical (unpaired) electrons. The summed E-state index contributed by atoms with van der Waals surface area (Å²) in [5.74, 6) is 3.86. The van der Waals surface area contributed by atoms with Crippen molar-refractivity contribution in [3.05, 3.63) is 479 Å². The van der Waals surface area contributed by atoms with Crippen LogP contribution >= 0.6 is 0 Å². The highest BCUT2D eigenvalue weighted by molar-refractivity contribution is 6.38. The fourth-order valence-corrected chi connectivity index (χ4v) is 25.4. The lowest BCUT2D eigenvalue weighted by Gasteiger charge is -2.13. The number of hydrogen-bond donors (Lipinski definition) is 0. The second-order valence-corrected chi connectivity index (χ2v) is 39.4. The van der Waals surface area contributed by atoms with Crippen molar-refractivity contribution >= 4 is 245 Å². The Labute approximate surface area is 848 Å². The third kappa shape index (κ3) is 11.6. The SMILES string of the molecule is c1ccc(-c2ccc(-c3nc(-n4c5ccccc5c5cc6c7ccccc7n7c8ccccc8c(c54)c67)c4ccccc4n3)cc2)cc1.c1ccc(-n2c3ccccc3c3ccc(-c4nc(-n5c6ccccc6c6cc7c8ccccc8n8c9ccccc9c(c65)c78)nc5ccccc45)cc32)cc1.c1ccc2cc(-c3nc(-n4c5ccccc5c5cc6c7ccccc7n7c8ccccc8c(c54)c67)c4ccccc4n3)ccc2c1. The zero-order valence-electron chi connectivity index (χ0n) is 79.9. The molecule has 0 bridgehead atoms. The number of fused-ring (bicyclic) bond motifs is 37. The molecule has 0 aliphatic heterocycles. The van der Waals surface area contributed by atoms with Gasteiger partial charge >= 0.3 is 0 Å². The van der Waals surface area contributed by atoms with Crippen molar-refractivity contribution in [3.63, 3.8) is 0 Å². The molecule has 0 saturated carbocycles. The quantitative estimate of drug-likeness (QED) is 0.150. The third-order valence-corrected chi connectivity index (χ3v) is 31.6. The Bertz CT molecular complexity index is 11900. The van der Waals surface area contributed by atoms with Crippen LogP contribution in [0, 0.1) is 0 Å². The minimum Gasteiger partial charge on any atom is -0.309 e. The smallest absolute Gasteiger partial charge is 0.235 e. The average Bonchev–Trinajstić information content (AvgIpc) is 1.52. The molecular formula is C136H79N13. The van der Waals surface area contributed by atoms with Crippen LogP contribution in [-0.4, -0.2) is 61.4 Å². The molecule has 0 spiro atoms. The molecule has 13 nitrogen and oxygen atoms in total. The maximum atomic E-state index is 5.58. The van der Waals surface area contributed by atoms with Gasteiger partial charge in [0.1, 0.15) is 11.6 Å². The number of para-hydroxylation sites is 14. The molecule has 13 aromatic heterocycles. The molecule has 0 N–H and O–H groups in total. The molecule has 0 amide bonds. The summed E-state index contributed by atoms with van der Waals surface area (Å²) in [5, 5.41) is 30.2. The summed E-state index contributed by atoms with van der Waals surface area (Å²) in [4.78, 5) is 32.1. The van der Waals surface area contributed by atoms with E-state index in [-0.39, 0.29) is 0 Å². The fourth-order valence-electron chi connectivity index (χ4n) is 25.4. The maximum absolute atomic E-state index is 5.58. The van der Waals surface area contributed by atoms with E-state index in [1.54, 1.807) is 0 Å². The Balaban J connectivity index is 0.0000000975. The summed E-state index contributed by atoms with van der Waals surface area (Å²) in [5.41, 5.74) is 30.4. The van der Waals surface area contributed by atoms with Crippen LogP contribution in [0.5, 0.6) is 0 Å². The van der Waals surface area contributed by atoms with E-state index < -0.39 is 0 Å².